The summed E-state index contributed by atoms with van der Waals surface area (Å²) in [6.45, 7) is 1.74. The molecule has 0 saturated carbocycles. The van der Waals surface area contributed by atoms with Crippen molar-refractivity contribution in [2.75, 3.05) is 35.4 Å². The van der Waals surface area contributed by atoms with Crippen molar-refractivity contribution in [3.8, 4) is 0 Å². The molecule has 0 aliphatic rings. The van der Waals surface area contributed by atoms with Crippen LogP contribution >= 0.6 is 0 Å². The zero-order chi connectivity index (χ0) is 20.2. The van der Waals surface area contributed by atoms with E-state index in [9.17, 15) is 18.0 Å². The Hall–Kier alpha value is -3.07. The van der Waals surface area contributed by atoms with Crippen LogP contribution in [0.3, 0.4) is 0 Å². The molecule has 0 unspecified atom stereocenters. The van der Waals surface area contributed by atoms with Gasteiger partial charge in [0.2, 0.25) is 10.0 Å². The van der Waals surface area contributed by atoms with Crippen LogP contribution in [0.25, 0.3) is 0 Å². The molecule has 0 bridgehead atoms. The van der Waals surface area contributed by atoms with Gasteiger partial charge in [0.15, 0.2) is 0 Å². The number of hydrogen-bond acceptors (Lipinski definition) is 5. The van der Waals surface area contributed by atoms with Crippen LogP contribution < -0.4 is 14.9 Å². The lowest BCUT2D eigenvalue weighted by atomic mass is 10.1. The van der Waals surface area contributed by atoms with Crippen molar-refractivity contribution in [2.24, 2.45) is 0 Å². The van der Waals surface area contributed by atoms with Crippen LogP contribution in [0.15, 0.2) is 42.5 Å². The zero-order valence-electron chi connectivity index (χ0n) is 15.4. The van der Waals surface area contributed by atoms with Gasteiger partial charge in [-0.1, -0.05) is 6.07 Å². The van der Waals surface area contributed by atoms with Crippen LogP contribution in [0.5, 0.6) is 0 Å². The first-order valence-corrected chi connectivity index (χ1v) is 9.81. The molecule has 2 N–H and O–H groups in total. The average molecular weight is 391 g/mol. The molecule has 0 aromatic heterocycles. The van der Waals surface area contributed by atoms with Gasteiger partial charge in [-0.3, -0.25) is 14.4 Å². The van der Waals surface area contributed by atoms with Gasteiger partial charge in [0.1, 0.15) is 0 Å². The van der Waals surface area contributed by atoms with Crippen molar-refractivity contribution in [1.82, 2.24) is 0 Å². The number of anilines is 3. The number of methoxy groups -OCH3 is 1. The van der Waals surface area contributed by atoms with E-state index in [2.05, 4.69) is 14.8 Å². The van der Waals surface area contributed by atoms with Crippen molar-refractivity contribution in [2.45, 2.75) is 6.92 Å². The summed E-state index contributed by atoms with van der Waals surface area (Å²) >= 11 is 0. The summed E-state index contributed by atoms with van der Waals surface area (Å²) in [5.74, 6) is -0.388. The van der Waals surface area contributed by atoms with Crippen molar-refractivity contribution in [3.05, 3.63) is 53.6 Å². The predicted molar refractivity (Wildman–Crippen MR) is 105 cm³/mol. The topological polar surface area (TPSA) is 105 Å². The maximum Gasteiger partial charge on any atom is 0.413 e. The summed E-state index contributed by atoms with van der Waals surface area (Å²) in [4.78, 5) is 25.3. The van der Waals surface area contributed by atoms with E-state index in [-0.39, 0.29) is 5.91 Å². The molecule has 0 heterocycles. The lowest BCUT2D eigenvalue weighted by molar-refractivity contribution is 0.102. The van der Waals surface area contributed by atoms with Gasteiger partial charge in [0, 0.05) is 24.0 Å². The molecule has 8 nitrogen and oxygen atoms in total. The van der Waals surface area contributed by atoms with E-state index in [0.717, 1.165) is 6.26 Å². The van der Waals surface area contributed by atoms with Crippen LogP contribution in [-0.2, 0) is 14.8 Å². The largest absolute Gasteiger partial charge is 0.452 e. The highest BCUT2D eigenvalue weighted by atomic mass is 32.2. The number of hydrogen-bond donors (Lipinski definition) is 2. The minimum atomic E-state index is -3.45. The number of carbonyl (C=O) groups excluding carboxylic acids is 2. The maximum absolute atomic E-state index is 12.4. The fourth-order valence-electron chi connectivity index (χ4n) is 2.29. The Kier molecular flexibility index (Phi) is 6.06. The van der Waals surface area contributed by atoms with Gasteiger partial charge >= 0.3 is 6.09 Å². The number of nitrogens with one attached hydrogen (secondary N) is 2. The van der Waals surface area contributed by atoms with Crippen molar-refractivity contribution in [1.29, 1.82) is 0 Å². The van der Waals surface area contributed by atoms with Gasteiger partial charge in [-0.05, 0) is 48.9 Å². The second-order valence-electron chi connectivity index (χ2n) is 5.93. The highest BCUT2D eigenvalue weighted by Gasteiger charge is 2.13. The van der Waals surface area contributed by atoms with Crippen LogP contribution in [-0.4, -0.2) is 40.8 Å². The first-order chi connectivity index (χ1) is 12.6. The number of sulfonamides is 1. The number of nitrogens with zero attached hydrogens (tertiary/aromatic N) is 1. The van der Waals surface area contributed by atoms with E-state index < -0.39 is 16.1 Å². The molecule has 2 aromatic rings. The van der Waals surface area contributed by atoms with Crippen LogP contribution in [0.1, 0.15) is 15.9 Å². The molecule has 0 radical (unpaired) electrons. The minimum Gasteiger partial charge on any atom is -0.452 e. The van der Waals surface area contributed by atoms with Gasteiger partial charge < -0.3 is 10.1 Å². The first-order valence-electron chi connectivity index (χ1n) is 7.92. The molecule has 144 valence electrons. The van der Waals surface area contributed by atoms with Gasteiger partial charge in [-0.25, -0.2) is 13.2 Å². The fraction of sp³-hybridized carbons (Fsp3) is 0.222. The average Bonchev–Trinajstić information content (AvgIpc) is 2.61. The molecule has 2 rings (SSSR count). The highest BCUT2D eigenvalue weighted by Crippen LogP contribution is 2.21. The van der Waals surface area contributed by atoms with Crippen molar-refractivity contribution in [3.63, 3.8) is 0 Å². The molecular weight excluding hydrogens is 370 g/mol. The van der Waals surface area contributed by atoms with Gasteiger partial charge in [0.05, 0.1) is 19.1 Å². The minimum absolute atomic E-state index is 0.308. The molecule has 0 aliphatic heterocycles. The Balaban J connectivity index is 2.15. The number of carbonyl (C=O) groups is 2. The summed E-state index contributed by atoms with van der Waals surface area (Å²) in [7, 11) is -0.582. The normalized spacial score (nSPS) is 10.8. The monoisotopic (exact) mass is 391 g/mol. The molecule has 0 saturated heterocycles. The summed E-state index contributed by atoms with van der Waals surface area (Å²) < 4.78 is 29.9. The third-order valence-corrected chi connectivity index (χ3v) is 4.35. The quantitative estimate of drug-likeness (QED) is 0.815. The van der Waals surface area contributed by atoms with Gasteiger partial charge in [-0.15, -0.1) is 0 Å². The lowest BCUT2D eigenvalue weighted by Gasteiger charge is -2.16. The predicted octanol–water partition coefficient (Wildman–Crippen LogP) is 2.82. The van der Waals surface area contributed by atoms with Crippen molar-refractivity contribution >= 4 is 39.1 Å². The van der Waals surface area contributed by atoms with Crippen LogP contribution in [0.4, 0.5) is 21.9 Å². The van der Waals surface area contributed by atoms with Gasteiger partial charge in [0.25, 0.3) is 5.91 Å². The molecule has 2 amide bonds. The Morgan fingerprint density at radius 2 is 1.70 bits per heavy atom. The van der Waals surface area contributed by atoms with Crippen LogP contribution in [0, 0.1) is 6.92 Å². The zero-order valence-corrected chi connectivity index (χ0v) is 16.3. The lowest BCUT2D eigenvalue weighted by Crippen LogP contribution is -2.25. The van der Waals surface area contributed by atoms with E-state index in [1.165, 1.54) is 18.1 Å². The molecule has 27 heavy (non-hydrogen) atoms. The maximum atomic E-state index is 12.4. The summed E-state index contributed by atoms with van der Waals surface area (Å²) in [6.07, 6.45) is 0.545. The van der Waals surface area contributed by atoms with E-state index in [0.29, 0.717) is 28.2 Å². The summed E-state index contributed by atoms with van der Waals surface area (Å²) in [6, 6.07) is 11.4. The summed E-state index contributed by atoms with van der Waals surface area (Å²) in [5, 5.41) is 2.73. The first kappa shape index (κ1) is 20.2. The third-order valence-electron chi connectivity index (χ3n) is 3.76. The molecule has 0 fully saturated rings. The van der Waals surface area contributed by atoms with E-state index in [4.69, 9.17) is 0 Å². The molecule has 2 aromatic carbocycles. The summed E-state index contributed by atoms with van der Waals surface area (Å²) in [5.41, 5.74) is 2.49. The Labute approximate surface area is 158 Å². The second kappa shape index (κ2) is 8.09. The molecule has 9 heteroatoms. The number of ether oxygens (including phenoxy) is 1. The number of amides is 2. The van der Waals surface area contributed by atoms with E-state index in [1.807, 2.05) is 0 Å². The highest BCUT2D eigenvalue weighted by molar-refractivity contribution is 7.92. The number of aryl methyl sites for hydroxylation is 1. The number of rotatable bonds is 5. The molecule has 0 atom stereocenters. The molecule has 0 aliphatic carbocycles. The Morgan fingerprint density at radius 1 is 1.07 bits per heavy atom. The van der Waals surface area contributed by atoms with E-state index in [1.54, 1.807) is 50.4 Å². The Morgan fingerprint density at radius 3 is 2.26 bits per heavy atom. The van der Waals surface area contributed by atoms with Crippen LogP contribution in [0.2, 0.25) is 0 Å². The molecule has 0 spiro atoms. The Bertz CT molecular complexity index is 955. The standard InChI is InChI=1S/C18H21N3O5S/c1-12-5-6-13(11-16(12)20-27(4,24)25)17(22)19-14-7-9-15(10-8-14)21(2)18(23)26-3/h5-11,20H,1-4H3,(H,19,22). The SMILES string of the molecule is COC(=O)N(C)c1ccc(NC(=O)c2ccc(C)c(NS(C)(=O)=O)c2)cc1. The molecular formula is C18H21N3O5S. The van der Waals surface area contributed by atoms with E-state index >= 15 is 0 Å². The van der Waals surface area contributed by atoms with Gasteiger partial charge in [-0.2, -0.15) is 0 Å². The third kappa shape index (κ3) is 5.45. The number of benzene rings is 2. The smallest absolute Gasteiger partial charge is 0.413 e. The van der Waals surface area contributed by atoms with Crippen molar-refractivity contribution < 1.29 is 22.7 Å². The second-order valence-corrected chi connectivity index (χ2v) is 7.68. The fourth-order valence-corrected chi connectivity index (χ4v) is 2.91.